The second-order valence-electron chi connectivity index (χ2n) is 5.36. The van der Waals surface area contributed by atoms with Gasteiger partial charge in [0.05, 0.1) is 12.8 Å². The lowest BCUT2D eigenvalue weighted by Gasteiger charge is -2.10. The zero-order chi connectivity index (χ0) is 20.4. The molecular weight excluding hydrogens is 449 g/mol. The summed E-state index contributed by atoms with van der Waals surface area (Å²) in [5, 5.41) is 8.06. The average molecular weight is 468 g/mol. The zero-order valence-corrected chi connectivity index (χ0v) is 17.5. The van der Waals surface area contributed by atoms with Gasteiger partial charge in [-0.05, 0) is 24.6 Å². The third-order valence-electron chi connectivity index (χ3n) is 3.26. The van der Waals surface area contributed by atoms with Crippen LogP contribution in [0.2, 0.25) is 0 Å². The lowest BCUT2D eigenvalue weighted by molar-refractivity contribution is -0.145. The van der Waals surface area contributed by atoms with Crippen LogP contribution in [0.4, 0.5) is 4.39 Å². The molecule has 0 heterocycles. The Labute approximate surface area is 175 Å². The molecule has 6 nitrogen and oxygen atoms in total. The van der Waals surface area contributed by atoms with Crippen LogP contribution in [-0.2, 0) is 15.3 Å². The van der Waals surface area contributed by atoms with Crippen molar-refractivity contribution in [1.29, 1.82) is 0 Å². The molecule has 2 N–H and O–H groups in total. The number of nitrogens with zero attached hydrogens (tertiary/aromatic N) is 2. The first-order valence-electron chi connectivity index (χ1n) is 8.30. The number of esters is 1. The number of benzene rings is 2. The molecule has 0 spiro atoms. The predicted octanol–water partition coefficient (Wildman–Crippen LogP) is 4.11. The van der Waals surface area contributed by atoms with Gasteiger partial charge in [0.1, 0.15) is 0 Å². The van der Waals surface area contributed by atoms with Crippen molar-refractivity contribution in [2.24, 2.45) is 15.9 Å². The zero-order valence-electron chi connectivity index (χ0n) is 15.1. The number of hydrogen-bond acceptors (Lipinski definition) is 6. The van der Waals surface area contributed by atoms with Gasteiger partial charge in [-0.2, -0.15) is 5.10 Å². The summed E-state index contributed by atoms with van der Waals surface area (Å²) in [6.45, 7) is 1.48. The van der Waals surface area contributed by atoms with Crippen LogP contribution in [0.5, 0.6) is 5.75 Å². The summed E-state index contributed by atoms with van der Waals surface area (Å²) in [6.07, 6.45) is 1.31. The van der Waals surface area contributed by atoms with Crippen LogP contribution >= 0.6 is 27.7 Å². The summed E-state index contributed by atoms with van der Waals surface area (Å²) in [6, 6.07) is 12.6. The van der Waals surface area contributed by atoms with Crippen molar-refractivity contribution in [1.82, 2.24) is 0 Å². The van der Waals surface area contributed by atoms with Gasteiger partial charge in [0.2, 0.25) is 0 Å². The second-order valence-corrected chi connectivity index (χ2v) is 7.27. The summed E-state index contributed by atoms with van der Waals surface area (Å²) in [7, 11) is 0. The van der Waals surface area contributed by atoms with Crippen LogP contribution in [0.25, 0.3) is 0 Å². The summed E-state index contributed by atoms with van der Waals surface area (Å²) < 4.78 is 24.7. The van der Waals surface area contributed by atoms with E-state index in [1.54, 1.807) is 13.0 Å². The van der Waals surface area contributed by atoms with Crippen molar-refractivity contribution in [3.05, 3.63) is 63.9 Å². The van der Waals surface area contributed by atoms with Crippen LogP contribution in [-0.4, -0.2) is 30.6 Å². The summed E-state index contributed by atoms with van der Waals surface area (Å²) in [5.41, 5.74) is 7.25. The average Bonchev–Trinajstić information content (AvgIpc) is 2.66. The molecule has 0 saturated carbocycles. The van der Waals surface area contributed by atoms with E-state index in [-0.39, 0.29) is 17.5 Å². The first-order chi connectivity index (χ1) is 13.5. The Morgan fingerprint density at radius 3 is 2.79 bits per heavy atom. The maximum Gasteiger partial charge on any atom is 0.344 e. The van der Waals surface area contributed by atoms with Gasteiger partial charge in [-0.1, -0.05) is 58.0 Å². The Kier molecular flexibility index (Phi) is 8.96. The predicted molar refractivity (Wildman–Crippen MR) is 113 cm³/mol. The van der Waals surface area contributed by atoms with Crippen molar-refractivity contribution in [2.75, 3.05) is 13.2 Å². The minimum absolute atomic E-state index is 0.120. The Hall–Kier alpha value is -2.39. The molecule has 2 aromatic carbocycles. The number of ether oxygens (including phenoxy) is 2. The largest absolute Gasteiger partial charge is 0.478 e. The molecule has 0 radical (unpaired) electrons. The standard InChI is InChI=1S/C19H19BrFN3O3S/c1-2-26-17(25)11-27-18-14(8-15(20)9-16(18)21)10-23-24-19(22)28-12-13-6-4-3-5-7-13/h3-10H,2,11-12H2,1H3,(H2,22,24). The molecule has 0 saturated heterocycles. The Morgan fingerprint density at radius 2 is 2.07 bits per heavy atom. The number of carbonyl (C=O) groups is 1. The topological polar surface area (TPSA) is 86.3 Å². The van der Waals surface area contributed by atoms with Gasteiger partial charge in [0.15, 0.2) is 23.3 Å². The monoisotopic (exact) mass is 467 g/mol. The molecule has 9 heteroatoms. The van der Waals surface area contributed by atoms with Crippen molar-refractivity contribution >= 4 is 45.0 Å². The van der Waals surface area contributed by atoms with Gasteiger partial charge in [-0.25, -0.2) is 9.18 Å². The van der Waals surface area contributed by atoms with Gasteiger partial charge >= 0.3 is 5.97 Å². The van der Waals surface area contributed by atoms with Crippen molar-refractivity contribution in [3.8, 4) is 5.75 Å². The van der Waals surface area contributed by atoms with E-state index in [9.17, 15) is 9.18 Å². The molecule has 148 valence electrons. The highest BCUT2D eigenvalue weighted by atomic mass is 79.9. The van der Waals surface area contributed by atoms with Crippen LogP contribution in [0, 0.1) is 5.82 Å². The maximum absolute atomic E-state index is 14.2. The maximum atomic E-state index is 14.2. The molecule has 0 atom stereocenters. The van der Waals surface area contributed by atoms with E-state index in [2.05, 4.69) is 26.1 Å². The molecule has 0 fully saturated rings. The Morgan fingerprint density at radius 1 is 1.32 bits per heavy atom. The van der Waals surface area contributed by atoms with Gasteiger partial charge < -0.3 is 15.2 Å². The number of hydrogen-bond donors (Lipinski definition) is 1. The molecule has 0 aliphatic heterocycles. The van der Waals surface area contributed by atoms with Crippen LogP contribution < -0.4 is 10.5 Å². The minimum Gasteiger partial charge on any atom is -0.478 e. The third kappa shape index (κ3) is 7.32. The second kappa shape index (κ2) is 11.5. The summed E-state index contributed by atoms with van der Waals surface area (Å²) >= 11 is 4.54. The highest BCUT2D eigenvalue weighted by molar-refractivity contribution is 9.10. The number of carbonyl (C=O) groups excluding carboxylic acids is 1. The smallest absolute Gasteiger partial charge is 0.344 e. The van der Waals surface area contributed by atoms with E-state index in [1.165, 1.54) is 24.0 Å². The van der Waals surface area contributed by atoms with Gasteiger partial charge in [0, 0.05) is 15.8 Å². The first-order valence-corrected chi connectivity index (χ1v) is 10.1. The number of halogens is 2. The molecule has 2 rings (SSSR count). The molecule has 28 heavy (non-hydrogen) atoms. The van der Waals surface area contributed by atoms with Crippen molar-refractivity contribution in [2.45, 2.75) is 12.7 Å². The first kappa shape index (κ1) is 21.9. The minimum atomic E-state index is -0.643. The third-order valence-corrected chi connectivity index (χ3v) is 4.57. The highest BCUT2D eigenvalue weighted by Crippen LogP contribution is 2.26. The number of rotatable bonds is 8. The molecular formula is C19H19BrFN3O3S. The molecule has 0 aliphatic carbocycles. The molecule has 0 aromatic heterocycles. The Balaban J connectivity index is 2.05. The van der Waals surface area contributed by atoms with E-state index >= 15 is 0 Å². The fourth-order valence-corrected chi connectivity index (χ4v) is 3.13. The molecule has 0 bridgehead atoms. The number of thioether (sulfide) groups is 1. The highest BCUT2D eigenvalue weighted by Gasteiger charge is 2.13. The quantitative estimate of drug-likeness (QED) is 0.273. The van der Waals surface area contributed by atoms with E-state index in [0.717, 1.165) is 5.56 Å². The van der Waals surface area contributed by atoms with E-state index in [4.69, 9.17) is 15.2 Å². The number of amidine groups is 1. The molecule has 0 unspecified atom stereocenters. The van der Waals surface area contributed by atoms with Crippen LogP contribution in [0.3, 0.4) is 0 Å². The fraction of sp³-hybridized carbons (Fsp3) is 0.211. The van der Waals surface area contributed by atoms with Crippen molar-refractivity contribution < 1.29 is 18.7 Å². The van der Waals surface area contributed by atoms with E-state index in [0.29, 0.717) is 15.8 Å². The fourth-order valence-electron chi connectivity index (χ4n) is 2.07. The van der Waals surface area contributed by atoms with Crippen LogP contribution in [0.1, 0.15) is 18.1 Å². The summed E-state index contributed by atoms with van der Waals surface area (Å²) in [5.74, 6) is -0.695. The Bertz CT molecular complexity index is 863. The molecule has 0 amide bonds. The van der Waals surface area contributed by atoms with Gasteiger partial charge in [-0.15, -0.1) is 5.10 Å². The normalized spacial score (nSPS) is 11.6. The van der Waals surface area contributed by atoms with E-state index in [1.807, 2.05) is 30.3 Å². The lowest BCUT2D eigenvalue weighted by Crippen LogP contribution is -2.16. The van der Waals surface area contributed by atoms with E-state index < -0.39 is 18.4 Å². The van der Waals surface area contributed by atoms with Gasteiger partial charge in [0.25, 0.3) is 0 Å². The van der Waals surface area contributed by atoms with Gasteiger partial charge in [-0.3, -0.25) is 0 Å². The van der Waals surface area contributed by atoms with Crippen molar-refractivity contribution in [3.63, 3.8) is 0 Å². The summed E-state index contributed by atoms with van der Waals surface area (Å²) in [4.78, 5) is 11.4. The van der Waals surface area contributed by atoms with Crippen LogP contribution in [0.15, 0.2) is 57.1 Å². The SMILES string of the molecule is CCOC(=O)COc1c(F)cc(Br)cc1C=NN=C(N)SCc1ccccc1. The number of nitrogens with two attached hydrogens (primary N) is 1. The molecule has 0 aliphatic rings. The molecule has 2 aromatic rings. The lowest BCUT2D eigenvalue weighted by atomic mass is 10.2.